The van der Waals surface area contributed by atoms with Gasteiger partial charge in [-0.3, -0.25) is 14.5 Å². The molecule has 0 spiro atoms. The highest BCUT2D eigenvalue weighted by atomic mass is 16.4. The van der Waals surface area contributed by atoms with E-state index < -0.39 is 5.97 Å². The lowest BCUT2D eigenvalue weighted by atomic mass is 10.1. The normalized spacial score (nSPS) is 20.4. The quantitative estimate of drug-likeness (QED) is 0.709. The molecule has 21 heavy (non-hydrogen) atoms. The van der Waals surface area contributed by atoms with Crippen LogP contribution in [0.4, 0.5) is 0 Å². The van der Waals surface area contributed by atoms with Crippen LogP contribution in [-0.4, -0.2) is 59.0 Å². The van der Waals surface area contributed by atoms with E-state index in [1.165, 1.54) is 0 Å². The van der Waals surface area contributed by atoms with Crippen LogP contribution in [0.1, 0.15) is 52.9 Å². The Labute approximate surface area is 128 Å². The predicted octanol–water partition coefficient (Wildman–Crippen LogP) is 2.21. The fourth-order valence-corrected chi connectivity index (χ4v) is 3.09. The van der Waals surface area contributed by atoms with Crippen LogP contribution in [0.2, 0.25) is 0 Å². The zero-order valence-corrected chi connectivity index (χ0v) is 13.7. The topological polar surface area (TPSA) is 60.9 Å². The molecule has 1 N–H and O–H groups in total. The third-order valence-corrected chi connectivity index (χ3v) is 4.16. The summed E-state index contributed by atoms with van der Waals surface area (Å²) in [5.41, 5.74) is 0. The maximum atomic E-state index is 12.8. The van der Waals surface area contributed by atoms with Crippen LogP contribution in [0.5, 0.6) is 0 Å². The van der Waals surface area contributed by atoms with E-state index in [9.17, 15) is 9.59 Å². The number of carbonyl (C=O) groups excluding carboxylic acids is 1. The molecule has 0 radical (unpaired) electrons. The Morgan fingerprint density at radius 1 is 1.19 bits per heavy atom. The van der Waals surface area contributed by atoms with Crippen molar-refractivity contribution in [2.45, 2.75) is 58.9 Å². The molecule has 1 fully saturated rings. The maximum Gasteiger partial charge on any atom is 0.307 e. The van der Waals surface area contributed by atoms with Crippen LogP contribution in [0.25, 0.3) is 0 Å². The molecular formula is C16H30N2O3. The molecule has 1 saturated heterocycles. The van der Waals surface area contributed by atoms with Crippen molar-refractivity contribution < 1.29 is 14.7 Å². The summed E-state index contributed by atoms with van der Waals surface area (Å²) < 4.78 is 0. The van der Waals surface area contributed by atoms with Crippen LogP contribution < -0.4 is 0 Å². The van der Waals surface area contributed by atoms with Crippen molar-refractivity contribution in [3.63, 3.8) is 0 Å². The molecule has 0 bridgehead atoms. The van der Waals surface area contributed by atoms with Gasteiger partial charge >= 0.3 is 5.97 Å². The van der Waals surface area contributed by atoms with Gasteiger partial charge in [0, 0.05) is 19.6 Å². The molecule has 1 heterocycles. The van der Waals surface area contributed by atoms with Crippen LogP contribution >= 0.6 is 0 Å². The van der Waals surface area contributed by atoms with Gasteiger partial charge in [-0.25, -0.2) is 0 Å². The number of likely N-dealkylation sites (tertiary alicyclic amines) is 1. The number of aliphatic carboxylic acids is 1. The molecule has 0 aromatic carbocycles. The van der Waals surface area contributed by atoms with Gasteiger partial charge in [-0.05, 0) is 32.2 Å². The first-order chi connectivity index (χ1) is 10.0. The number of carboxylic acid groups (broad SMARTS) is 1. The lowest BCUT2D eigenvalue weighted by Crippen LogP contribution is -2.48. The molecule has 0 aliphatic carbocycles. The average molecular weight is 298 g/mol. The Kier molecular flexibility index (Phi) is 7.72. The van der Waals surface area contributed by atoms with E-state index >= 15 is 0 Å². The Morgan fingerprint density at radius 3 is 2.24 bits per heavy atom. The van der Waals surface area contributed by atoms with E-state index in [0.29, 0.717) is 13.0 Å². The number of carbonyl (C=O) groups is 2. The summed E-state index contributed by atoms with van der Waals surface area (Å²) >= 11 is 0. The number of hydrogen-bond donors (Lipinski definition) is 1. The second kappa shape index (κ2) is 9.03. The third kappa shape index (κ3) is 4.99. The Bertz CT molecular complexity index is 340. The van der Waals surface area contributed by atoms with Crippen molar-refractivity contribution in [3.05, 3.63) is 0 Å². The zero-order valence-electron chi connectivity index (χ0n) is 13.7. The Morgan fingerprint density at radius 2 is 1.81 bits per heavy atom. The number of nitrogens with zero attached hydrogens (tertiary/aromatic N) is 2. The first-order valence-electron chi connectivity index (χ1n) is 8.30. The second-order valence-corrected chi connectivity index (χ2v) is 5.95. The molecule has 1 unspecified atom stereocenters. The standard InChI is InChI=1S/C16H30N2O3/c1-4-7-14(15(19)17(9-5-2)10-6-3)18-11-8-13(12-18)16(20)21/h13-14H,4-12H2,1-3H3,(H,20,21)/t13?,14-/m1/s1. The highest BCUT2D eigenvalue weighted by Crippen LogP contribution is 2.22. The first kappa shape index (κ1) is 18.0. The third-order valence-electron chi connectivity index (χ3n) is 4.16. The minimum absolute atomic E-state index is 0.141. The predicted molar refractivity (Wildman–Crippen MR) is 83.2 cm³/mol. The van der Waals surface area contributed by atoms with Crippen molar-refractivity contribution in [3.8, 4) is 0 Å². The molecule has 1 rings (SSSR count). The summed E-state index contributed by atoms with van der Waals surface area (Å²) in [5.74, 6) is -0.867. The van der Waals surface area contributed by atoms with Gasteiger partial charge in [0.05, 0.1) is 12.0 Å². The van der Waals surface area contributed by atoms with Gasteiger partial charge < -0.3 is 10.0 Å². The second-order valence-electron chi connectivity index (χ2n) is 5.95. The number of rotatable bonds is 9. The minimum atomic E-state index is -0.737. The number of carboxylic acids is 1. The van der Waals surface area contributed by atoms with E-state index in [-0.39, 0.29) is 17.9 Å². The van der Waals surface area contributed by atoms with Crippen molar-refractivity contribution in [2.75, 3.05) is 26.2 Å². The maximum absolute atomic E-state index is 12.8. The summed E-state index contributed by atoms with van der Waals surface area (Å²) in [6.45, 7) is 9.07. The highest BCUT2D eigenvalue weighted by Gasteiger charge is 2.36. The summed E-state index contributed by atoms with van der Waals surface area (Å²) in [6, 6.07) is -0.141. The van der Waals surface area contributed by atoms with Crippen LogP contribution in [-0.2, 0) is 9.59 Å². The summed E-state index contributed by atoms with van der Waals surface area (Å²) in [5, 5.41) is 9.14. The molecule has 5 nitrogen and oxygen atoms in total. The van der Waals surface area contributed by atoms with E-state index in [1.807, 2.05) is 4.90 Å². The van der Waals surface area contributed by atoms with Crippen molar-refractivity contribution >= 4 is 11.9 Å². The van der Waals surface area contributed by atoms with Crippen LogP contribution in [0, 0.1) is 5.92 Å². The largest absolute Gasteiger partial charge is 0.481 e. The van der Waals surface area contributed by atoms with E-state index in [4.69, 9.17) is 5.11 Å². The highest BCUT2D eigenvalue weighted by molar-refractivity contribution is 5.82. The molecule has 5 heteroatoms. The minimum Gasteiger partial charge on any atom is -0.481 e. The molecule has 0 saturated carbocycles. The average Bonchev–Trinajstić information content (AvgIpc) is 2.93. The molecular weight excluding hydrogens is 268 g/mol. The Balaban J connectivity index is 2.75. The van der Waals surface area contributed by atoms with Crippen LogP contribution in [0.15, 0.2) is 0 Å². The molecule has 122 valence electrons. The van der Waals surface area contributed by atoms with E-state index in [1.54, 1.807) is 0 Å². The van der Waals surface area contributed by atoms with Gasteiger partial charge in [0.25, 0.3) is 0 Å². The van der Waals surface area contributed by atoms with Gasteiger partial charge in [0.15, 0.2) is 0 Å². The fraction of sp³-hybridized carbons (Fsp3) is 0.875. The van der Waals surface area contributed by atoms with Crippen molar-refractivity contribution in [1.29, 1.82) is 0 Å². The SMILES string of the molecule is CCC[C@H](C(=O)N(CCC)CCC)N1CCC(C(=O)O)C1. The summed E-state index contributed by atoms with van der Waals surface area (Å²) in [4.78, 5) is 28.0. The lowest BCUT2D eigenvalue weighted by molar-refractivity contribution is -0.142. The molecule has 0 aromatic heterocycles. The lowest BCUT2D eigenvalue weighted by Gasteiger charge is -2.32. The zero-order chi connectivity index (χ0) is 15.8. The van der Waals surface area contributed by atoms with Crippen LogP contribution in [0.3, 0.4) is 0 Å². The van der Waals surface area contributed by atoms with Crippen molar-refractivity contribution in [2.24, 2.45) is 5.92 Å². The first-order valence-corrected chi connectivity index (χ1v) is 8.30. The number of hydrogen-bond acceptors (Lipinski definition) is 3. The summed E-state index contributed by atoms with van der Waals surface area (Å²) in [6.07, 6.45) is 4.33. The number of amides is 1. The smallest absolute Gasteiger partial charge is 0.307 e. The molecule has 1 amide bonds. The molecule has 1 aliphatic rings. The molecule has 2 atom stereocenters. The van der Waals surface area contributed by atoms with Gasteiger partial charge in [-0.1, -0.05) is 27.2 Å². The van der Waals surface area contributed by atoms with Gasteiger partial charge in [0.1, 0.15) is 0 Å². The van der Waals surface area contributed by atoms with Crippen molar-refractivity contribution in [1.82, 2.24) is 9.80 Å². The summed E-state index contributed by atoms with van der Waals surface area (Å²) in [7, 11) is 0. The van der Waals surface area contributed by atoms with E-state index in [2.05, 4.69) is 25.7 Å². The molecule has 1 aliphatic heterocycles. The monoisotopic (exact) mass is 298 g/mol. The van der Waals surface area contributed by atoms with Gasteiger partial charge in [-0.15, -0.1) is 0 Å². The fourth-order valence-electron chi connectivity index (χ4n) is 3.09. The molecule has 0 aromatic rings. The Hall–Kier alpha value is -1.10. The van der Waals surface area contributed by atoms with E-state index in [0.717, 1.165) is 45.3 Å². The van der Waals surface area contributed by atoms with Gasteiger partial charge in [0.2, 0.25) is 5.91 Å². The van der Waals surface area contributed by atoms with Gasteiger partial charge in [-0.2, -0.15) is 0 Å².